The van der Waals surface area contributed by atoms with Gasteiger partial charge in [-0.25, -0.2) is 9.36 Å². The highest BCUT2D eigenvalue weighted by atomic mass is 32.2. The van der Waals surface area contributed by atoms with Crippen LogP contribution in [0.25, 0.3) is 10.4 Å². The first-order chi connectivity index (χ1) is 25.6. The molecule has 3 unspecified atom stereocenters. The maximum absolute atomic E-state index is 12.6. The Morgan fingerprint density at radius 3 is 2.13 bits per heavy atom. The van der Waals surface area contributed by atoms with E-state index in [1.54, 1.807) is 6.92 Å². The van der Waals surface area contributed by atoms with Gasteiger partial charge >= 0.3 is 13.5 Å². The predicted molar refractivity (Wildman–Crippen MR) is 215 cm³/mol. The largest absolute Gasteiger partial charge is 0.472 e. The summed E-state index contributed by atoms with van der Waals surface area (Å²) in [6.07, 6.45) is 25.2. The number of unbranched alkanes of at least 4 members (excludes halogenated alkanes) is 16. The van der Waals surface area contributed by atoms with E-state index in [2.05, 4.69) is 35.8 Å². The predicted octanol–water partition coefficient (Wildman–Crippen LogP) is 10.3. The van der Waals surface area contributed by atoms with E-state index in [1.807, 2.05) is 11.8 Å². The van der Waals surface area contributed by atoms with Crippen molar-refractivity contribution in [1.82, 2.24) is 9.55 Å². The molecule has 1 aromatic rings. The molecule has 0 amide bonds. The first kappa shape index (κ1) is 47.5. The molecule has 2 N–H and O–H groups in total. The van der Waals surface area contributed by atoms with Gasteiger partial charge in [-0.2, -0.15) is 11.8 Å². The van der Waals surface area contributed by atoms with E-state index in [9.17, 15) is 19.0 Å². The number of azide groups is 1. The lowest BCUT2D eigenvalue weighted by Crippen LogP contribution is -2.33. The van der Waals surface area contributed by atoms with Crippen molar-refractivity contribution in [3.8, 4) is 0 Å². The second-order valence-corrected chi connectivity index (χ2v) is 17.3. The number of aromatic amines is 1. The Morgan fingerprint density at radius 2 is 1.53 bits per heavy atom. The number of nitrogens with zero attached hydrogens (tertiary/aromatic N) is 4. The van der Waals surface area contributed by atoms with Crippen LogP contribution in [0.2, 0.25) is 0 Å². The van der Waals surface area contributed by atoms with Crippen molar-refractivity contribution in [3.63, 3.8) is 0 Å². The van der Waals surface area contributed by atoms with Crippen LogP contribution in [0.4, 0.5) is 0 Å². The van der Waals surface area contributed by atoms with Crippen molar-refractivity contribution < 1.29 is 28.0 Å². The van der Waals surface area contributed by atoms with Gasteiger partial charge in [0.25, 0.3) is 5.56 Å². The topological polar surface area (TPSA) is 178 Å². The molecule has 1 aromatic heterocycles. The van der Waals surface area contributed by atoms with Crippen LogP contribution in [0, 0.1) is 6.92 Å². The van der Waals surface area contributed by atoms with Crippen molar-refractivity contribution >= 4 is 19.6 Å². The number of phosphoric ester groups is 1. The molecule has 0 bridgehead atoms. The van der Waals surface area contributed by atoms with Gasteiger partial charge in [0.15, 0.2) is 0 Å². The van der Waals surface area contributed by atoms with Crippen LogP contribution in [0.3, 0.4) is 0 Å². The van der Waals surface area contributed by atoms with Crippen molar-refractivity contribution in [2.75, 3.05) is 25.6 Å². The van der Waals surface area contributed by atoms with Crippen molar-refractivity contribution in [1.29, 1.82) is 0 Å². The summed E-state index contributed by atoms with van der Waals surface area (Å²) >= 11 is 2.03. The third-order valence-corrected chi connectivity index (χ3v) is 12.4. The van der Waals surface area contributed by atoms with E-state index in [1.165, 1.54) is 126 Å². The van der Waals surface area contributed by atoms with E-state index in [-0.39, 0.29) is 19.1 Å². The molecule has 0 spiro atoms. The summed E-state index contributed by atoms with van der Waals surface area (Å²) in [5.41, 5.74) is 8.14. The highest BCUT2D eigenvalue weighted by molar-refractivity contribution is 7.99. The van der Waals surface area contributed by atoms with Crippen LogP contribution in [-0.2, 0) is 23.1 Å². The van der Waals surface area contributed by atoms with Crippen LogP contribution >= 0.6 is 19.6 Å². The van der Waals surface area contributed by atoms with Gasteiger partial charge in [-0.1, -0.05) is 128 Å². The average molecular weight is 788 g/mol. The lowest BCUT2D eigenvalue weighted by Gasteiger charge is -2.24. The molecule has 1 fully saturated rings. The Balaban J connectivity index is 1.68. The molecule has 13 nitrogen and oxygen atoms in total. The number of nitrogens with one attached hydrogen (secondary N) is 1. The zero-order valence-corrected chi connectivity index (χ0v) is 34.8. The van der Waals surface area contributed by atoms with E-state index in [0.717, 1.165) is 12.2 Å². The second kappa shape index (κ2) is 28.7. The van der Waals surface area contributed by atoms with Gasteiger partial charge < -0.3 is 14.4 Å². The summed E-state index contributed by atoms with van der Waals surface area (Å²) in [5.74, 6) is 1.15. The molecule has 2 heterocycles. The quantitative estimate of drug-likeness (QED) is 0.0231. The van der Waals surface area contributed by atoms with Crippen LogP contribution in [-0.4, -0.2) is 63.5 Å². The van der Waals surface area contributed by atoms with E-state index in [0.29, 0.717) is 23.8 Å². The molecule has 53 heavy (non-hydrogen) atoms. The Hall–Kier alpha value is -1.63. The second-order valence-electron chi connectivity index (χ2n) is 14.5. The maximum atomic E-state index is 12.6. The standard InChI is InChI=1S/C38H70N5O8PS/c1-5-7-9-11-12-13-14-15-16-17-18-20-22-27-53-35(24-21-19-10-8-6-2)32(4)48-25-23-26-49-52(46,47)50-30-34-33(41-42-39)28-36(51-34)43-29-31(3)37(44)40-38(43)45/h29,32-36H,5-28,30H2,1-4H3,(H,46,47)(H,40,44,45)/t32?,33-,34+,35?,36+/m0/s1. The highest BCUT2D eigenvalue weighted by Crippen LogP contribution is 2.44. The SMILES string of the molecule is CCCCCCCCCCCCCCCSC(CCCCCCC)C(C)OCCCOP(=O)(O)OC[C@H]1O[C@@H](n2cc(C)c(=O)[nH]c2=O)C[C@@H]1N=[N+]=[N-]. The smallest absolute Gasteiger partial charge is 0.377 e. The molecule has 0 aliphatic carbocycles. The van der Waals surface area contributed by atoms with Gasteiger partial charge in [0.1, 0.15) is 6.23 Å². The van der Waals surface area contributed by atoms with E-state index >= 15 is 0 Å². The normalized spacial score (nSPS) is 19.5. The molecular weight excluding hydrogens is 717 g/mol. The summed E-state index contributed by atoms with van der Waals surface area (Å²) in [5, 5.41) is 4.13. The summed E-state index contributed by atoms with van der Waals surface area (Å²) in [7, 11) is -4.44. The molecule has 0 aromatic carbocycles. The molecule has 0 radical (unpaired) electrons. The first-order valence-corrected chi connectivity index (χ1v) is 23.0. The third kappa shape index (κ3) is 20.7. The Kier molecular flexibility index (Phi) is 25.8. The monoisotopic (exact) mass is 787 g/mol. The number of rotatable bonds is 33. The number of hydrogen-bond donors (Lipinski definition) is 2. The lowest BCUT2D eigenvalue weighted by atomic mass is 10.1. The van der Waals surface area contributed by atoms with Crippen molar-refractivity contribution in [2.45, 2.75) is 192 Å². The number of hydrogen-bond acceptors (Lipinski definition) is 9. The van der Waals surface area contributed by atoms with E-state index in [4.69, 9.17) is 24.1 Å². The summed E-state index contributed by atoms with van der Waals surface area (Å²) in [4.78, 5) is 39.4. The first-order valence-electron chi connectivity index (χ1n) is 20.5. The number of ether oxygens (including phenoxy) is 2. The summed E-state index contributed by atoms with van der Waals surface area (Å²) < 4.78 is 36.3. The number of phosphoric acid groups is 1. The molecule has 306 valence electrons. The number of aromatic nitrogens is 2. The fourth-order valence-electron chi connectivity index (χ4n) is 6.60. The minimum absolute atomic E-state index is 0.0335. The van der Waals surface area contributed by atoms with Crippen LogP contribution in [0.1, 0.15) is 167 Å². The fraction of sp³-hybridized carbons (Fsp3) is 0.895. The van der Waals surface area contributed by atoms with Gasteiger partial charge in [-0.3, -0.25) is 23.4 Å². The highest BCUT2D eigenvalue weighted by Gasteiger charge is 2.38. The molecule has 1 saturated heterocycles. The van der Waals surface area contributed by atoms with Crippen LogP contribution in [0.15, 0.2) is 20.9 Å². The van der Waals surface area contributed by atoms with Gasteiger partial charge in [0.2, 0.25) is 0 Å². The zero-order valence-electron chi connectivity index (χ0n) is 33.1. The Bertz CT molecular complexity index is 1330. The van der Waals surface area contributed by atoms with Crippen molar-refractivity contribution in [2.24, 2.45) is 5.11 Å². The molecule has 1 aliphatic rings. The van der Waals surface area contributed by atoms with E-state index < -0.39 is 44.1 Å². The molecular formula is C38H70N5O8PS. The molecule has 15 heteroatoms. The molecule has 0 saturated carbocycles. The van der Waals surface area contributed by atoms with Gasteiger partial charge in [0.05, 0.1) is 31.5 Å². The fourth-order valence-corrected chi connectivity index (χ4v) is 8.73. The number of aryl methyl sites for hydroxylation is 1. The molecule has 1 aliphatic heterocycles. The van der Waals surface area contributed by atoms with Gasteiger partial charge in [-0.05, 0) is 44.4 Å². The van der Waals surface area contributed by atoms with Crippen LogP contribution in [0.5, 0.6) is 0 Å². The van der Waals surface area contributed by atoms with Crippen molar-refractivity contribution in [3.05, 3.63) is 43.0 Å². The van der Waals surface area contributed by atoms with Crippen LogP contribution < -0.4 is 11.2 Å². The minimum Gasteiger partial charge on any atom is -0.377 e. The summed E-state index contributed by atoms with van der Waals surface area (Å²) in [6, 6.07) is -0.763. The minimum atomic E-state index is -4.44. The Morgan fingerprint density at radius 1 is 0.943 bits per heavy atom. The average Bonchev–Trinajstić information content (AvgIpc) is 3.53. The maximum Gasteiger partial charge on any atom is 0.472 e. The van der Waals surface area contributed by atoms with Gasteiger partial charge in [-0.15, -0.1) is 0 Å². The third-order valence-electron chi connectivity index (χ3n) is 9.88. The zero-order chi connectivity index (χ0) is 38.7. The molecule has 6 atom stereocenters. The molecule has 2 rings (SSSR count). The number of thioether (sulfide) groups is 1. The number of H-pyrrole nitrogens is 1. The summed E-state index contributed by atoms with van der Waals surface area (Å²) in [6.45, 7) is 8.16. The lowest BCUT2D eigenvalue weighted by molar-refractivity contribution is -0.0288. The Labute approximate surface area is 322 Å². The van der Waals surface area contributed by atoms with Gasteiger partial charge in [0, 0.05) is 34.9 Å².